The monoisotopic (exact) mass is 544 g/mol. The Kier molecular flexibility index (Phi) is 6.10. The molecule has 2 aliphatic rings. The summed E-state index contributed by atoms with van der Waals surface area (Å²) in [5.74, 6) is -4.18. The van der Waals surface area contributed by atoms with Gasteiger partial charge in [0.2, 0.25) is 11.8 Å². The number of thioether (sulfide) groups is 1. The number of aromatic hydroxyl groups is 1. The molecule has 1 fully saturated rings. The van der Waals surface area contributed by atoms with Gasteiger partial charge in [0.05, 0.1) is 10.9 Å². The van der Waals surface area contributed by atoms with Crippen molar-refractivity contribution in [3.05, 3.63) is 73.7 Å². The number of nitrogens with two attached hydrogens (primary N) is 1. The lowest BCUT2D eigenvalue weighted by Crippen LogP contribution is -2.41. The van der Waals surface area contributed by atoms with Gasteiger partial charge in [-0.1, -0.05) is 52.9 Å². The van der Waals surface area contributed by atoms with E-state index in [1.807, 2.05) is 0 Å². The molecule has 0 spiro atoms. The highest BCUT2D eigenvalue weighted by atomic mass is 35.5. The molecular formula is C23H17ClN4O6S2. The number of hydrogen-bond acceptors (Lipinski definition) is 8. The number of halogens is 1. The topological polar surface area (TPSA) is 152 Å². The van der Waals surface area contributed by atoms with Crippen LogP contribution in [0.3, 0.4) is 0 Å². The van der Waals surface area contributed by atoms with E-state index in [4.69, 9.17) is 17.3 Å². The predicted octanol–water partition coefficient (Wildman–Crippen LogP) is 2.58. The van der Waals surface area contributed by atoms with Gasteiger partial charge in [-0.3, -0.25) is 23.7 Å². The van der Waals surface area contributed by atoms with Gasteiger partial charge >= 0.3 is 10.9 Å². The molecule has 2 aliphatic heterocycles. The Morgan fingerprint density at radius 2 is 1.75 bits per heavy atom. The number of amides is 5. The summed E-state index contributed by atoms with van der Waals surface area (Å²) >= 11 is 7.63. The zero-order chi connectivity index (χ0) is 25.7. The third kappa shape index (κ3) is 3.96. The molecule has 0 aliphatic carbocycles. The molecule has 10 nitrogen and oxygen atoms in total. The number of para-hydroxylation sites is 1. The van der Waals surface area contributed by atoms with Crippen LogP contribution in [0, 0.1) is 5.92 Å². The van der Waals surface area contributed by atoms with Gasteiger partial charge in [0, 0.05) is 27.1 Å². The Morgan fingerprint density at radius 1 is 1.06 bits per heavy atom. The largest absolute Gasteiger partial charge is 0.508 e. The molecule has 5 rings (SSSR count). The minimum Gasteiger partial charge on any atom is -0.508 e. The predicted molar refractivity (Wildman–Crippen MR) is 133 cm³/mol. The SMILES string of the molecule is NC(=O)N1C(=O)[C@@H]2[C@H](c3ccccc3O)c3sc(=O)n(CC(=O)Nc4ccc(Cl)cc4)c3S[C@@H]2C1=O. The van der Waals surface area contributed by atoms with Crippen LogP contribution in [-0.2, 0) is 20.9 Å². The van der Waals surface area contributed by atoms with E-state index in [1.54, 1.807) is 42.5 Å². The lowest BCUT2D eigenvalue weighted by atomic mass is 9.82. The van der Waals surface area contributed by atoms with Gasteiger partial charge in [0.25, 0.3) is 5.91 Å². The van der Waals surface area contributed by atoms with E-state index in [2.05, 4.69) is 5.32 Å². The van der Waals surface area contributed by atoms with Crippen LogP contribution in [0.4, 0.5) is 10.5 Å². The molecule has 184 valence electrons. The van der Waals surface area contributed by atoms with Crippen LogP contribution in [0.1, 0.15) is 16.4 Å². The van der Waals surface area contributed by atoms with Crippen molar-refractivity contribution >= 4 is 64.1 Å². The number of likely N-dealkylation sites (tertiary alicyclic amines) is 1. The second-order valence-corrected chi connectivity index (χ2v) is 10.7. The highest BCUT2D eigenvalue weighted by Gasteiger charge is 2.58. The summed E-state index contributed by atoms with van der Waals surface area (Å²) in [4.78, 5) is 64.2. The van der Waals surface area contributed by atoms with Crippen molar-refractivity contribution in [1.29, 1.82) is 0 Å². The maximum absolute atomic E-state index is 13.1. The molecule has 0 radical (unpaired) electrons. The molecule has 4 N–H and O–H groups in total. The summed E-state index contributed by atoms with van der Waals surface area (Å²) in [5.41, 5.74) is 6.10. The first-order valence-electron chi connectivity index (χ1n) is 10.6. The Morgan fingerprint density at radius 3 is 2.42 bits per heavy atom. The van der Waals surface area contributed by atoms with Crippen LogP contribution in [0.15, 0.2) is 58.4 Å². The second kappa shape index (κ2) is 9.12. The van der Waals surface area contributed by atoms with Crippen molar-refractivity contribution in [2.24, 2.45) is 11.7 Å². The number of thiazole rings is 1. The molecule has 3 atom stereocenters. The van der Waals surface area contributed by atoms with Gasteiger partial charge in [-0.15, -0.1) is 0 Å². The molecule has 5 amide bonds. The number of aromatic nitrogens is 1. The van der Waals surface area contributed by atoms with Crippen molar-refractivity contribution in [3.8, 4) is 5.75 Å². The maximum Gasteiger partial charge on any atom is 0.328 e. The number of phenolic OH excluding ortho intramolecular Hbond substituents is 1. The van der Waals surface area contributed by atoms with Crippen LogP contribution in [0.2, 0.25) is 5.02 Å². The van der Waals surface area contributed by atoms with Gasteiger partial charge < -0.3 is 16.2 Å². The Bertz CT molecular complexity index is 1480. The zero-order valence-electron chi connectivity index (χ0n) is 18.2. The number of nitrogens with one attached hydrogen (secondary N) is 1. The van der Waals surface area contributed by atoms with E-state index in [-0.39, 0.29) is 12.3 Å². The Labute approximate surface area is 216 Å². The highest BCUT2D eigenvalue weighted by Crippen LogP contribution is 2.54. The fraction of sp³-hybridized carbons (Fsp3) is 0.174. The van der Waals surface area contributed by atoms with E-state index < -0.39 is 45.7 Å². The number of nitrogens with zero attached hydrogens (tertiary/aromatic N) is 2. The van der Waals surface area contributed by atoms with Crippen LogP contribution >= 0.6 is 34.7 Å². The number of rotatable bonds is 4. The zero-order valence-corrected chi connectivity index (χ0v) is 20.6. The molecule has 3 heterocycles. The number of hydrogen-bond donors (Lipinski definition) is 3. The van der Waals surface area contributed by atoms with E-state index in [9.17, 15) is 29.1 Å². The van der Waals surface area contributed by atoms with E-state index in [1.165, 1.54) is 10.6 Å². The molecule has 2 aromatic carbocycles. The highest BCUT2D eigenvalue weighted by molar-refractivity contribution is 8.00. The van der Waals surface area contributed by atoms with Gasteiger partial charge in [-0.05, 0) is 30.3 Å². The normalized spacial score (nSPS) is 20.7. The van der Waals surface area contributed by atoms with Gasteiger partial charge in [0.15, 0.2) is 0 Å². The molecule has 0 saturated carbocycles. The van der Waals surface area contributed by atoms with Crippen molar-refractivity contribution in [2.75, 3.05) is 5.32 Å². The fourth-order valence-corrected chi connectivity index (χ4v) is 7.33. The number of phenols is 1. The number of carbonyl (C=O) groups excluding carboxylic acids is 4. The lowest BCUT2D eigenvalue weighted by molar-refractivity contribution is -0.135. The summed E-state index contributed by atoms with van der Waals surface area (Å²) in [6, 6.07) is 11.5. The molecule has 0 bridgehead atoms. The number of fused-ring (bicyclic) bond motifs is 2. The van der Waals surface area contributed by atoms with Crippen LogP contribution in [0.5, 0.6) is 5.75 Å². The average Bonchev–Trinajstić information content (AvgIpc) is 3.27. The average molecular weight is 545 g/mol. The van der Waals surface area contributed by atoms with E-state index in [0.717, 1.165) is 23.1 Å². The molecule has 36 heavy (non-hydrogen) atoms. The Hall–Kier alpha value is -3.61. The summed E-state index contributed by atoms with van der Waals surface area (Å²) in [6.45, 7) is -0.354. The summed E-state index contributed by atoms with van der Waals surface area (Å²) in [6.07, 6.45) is 0. The number of imide groups is 3. The fourth-order valence-electron chi connectivity index (χ4n) is 4.44. The molecular weight excluding hydrogens is 528 g/mol. The Balaban J connectivity index is 1.57. The van der Waals surface area contributed by atoms with Gasteiger partial charge in [-0.2, -0.15) is 4.90 Å². The maximum atomic E-state index is 13.1. The second-order valence-electron chi connectivity index (χ2n) is 8.13. The molecule has 13 heteroatoms. The van der Waals surface area contributed by atoms with Gasteiger partial charge in [0.1, 0.15) is 17.5 Å². The molecule has 1 aromatic heterocycles. The van der Waals surface area contributed by atoms with Crippen LogP contribution in [-0.4, -0.2) is 43.6 Å². The first-order valence-corrected chi connectivity index (χ1v) is 12.7. The minimum absolute atomic E-state index is 0.134. The van der Waals surface area contributed by atoms with Gasteiger partial charge in [-0.25, -0.2) is 4.79 Å². The number of benzene rings is 2. The lowest BCUT2D eigenvalue weighted by Gasteiger charge is -2.31. The number of primary amides is 1. The van der Waals surface area contributed by atoms with Crippen LogP contribution in [0.25, 0.3) is 0 Å². The first kappa shape index (κ1) is 24.1. The third-order valence-electron chi connectivity index (χ3n) is 5.97. The summed E-state index contributed by atoms with van der Waals surface area (Å²) in [5, 5.41) is 13.0. The standard InChI is InChI=1S/C23H17ClN4O6S2/c24-10-5-7-11(8-6-10)26-14(30)9-27-21-18(36-23(27)34)15(12-3-1-2-4-13(12)29)16-17(35-21)20(32)28(19(16)31)22(25)33/h1-8,15-17,29H,9H2,(H2,25,33)(H,26,30)/t15-,16+,17-/m0/s1. The van der Waals surface area contributed by atoms with E-state index in [0.29, 0.717) is 31.1 Å². The number of urea groups is 1. The number of anilines is 1. The number of carbonyl (C=O) groups is 4. The van der Waals surface area contributed by atoms with Crippen molar-refractivity contribution in [3.63, 3.8) is 0 Å². The third-order valence-corrected chi connectivity index (χ3v) is 8.83. The van der Waals surface area contributed by atoms with Crippen molar-refractivity contribution in [2.45, 2.75) is 22.7 Å². The quantitative estimate of drug-likeness (QED) is 0.427. The smallest absolute Gasteiger partial charge is 0.328 e. The molecule has 1 saturated heterocycles. The van der Waals surface area contributed by atoms with Crippen molar-refractivity contribution < 1.29 is 24.3 Å². The minimum atomic E-state index is -1.20. The summed E-state index contributed by atoms with van der Waals surface area (Å²) in [7, 11) is 0. The molecule has 3 aromatic rings. The van der Waals surface area contributed by atoms with E-state index >= 15 is 0 Å². The molecule has 0 unspecified atom stereocenters. The summed E-state index contributed by atoms with van der Waals surface area (Å²) < 4.78 is 1.23. The van der Waals surface area contributed by atoms with Crippen LogP contribution < -0.4 is 15.9 Å². The van der Waals surface area contributed by atoms with Crippen molar-refractivity contribution in [1.82, 2.24) is 9.47 Å². The first-order chi connectivity index (χ1) is 17.2.